The van der Waals surface area contributed by atoms with Crippen molar-refractivity contribution < 1.29 is 18.7 Å². The van der Waals surface area contributed by atoms with E-state index >= 15 is 0 Å². The second kappa shape index (κ2) is 8.38. The number of methoxy groups -OCH3 is 1. The molecule has 28 heavy (non-hydrogen) atoms. The van der Waals surface area contributed by atoms with Crippen molar-refractivity contribution in [1.82, 2.24) is 4.98 Å². The number of fused-ring (bicyclic) bond motifs is 1. The van der Waals surface area contributed by atoms with Crippen molar-refractivity contribution >= 4 is 16.7 Å². The van der Waals surface area contributed by atoms with E-state index in [1.54, 1.807) is 19.1 Å². The first-order valence-corrected chi connectivity index (χ1v) is 9.36. The molecule has 0 aliphatic heterocycles. The zero-order chi connectivity index (χ0) is 20.3. The van der Waals surface area contributed by atoms with Crippen molar-refractivity contribution in [2.45, 2.75) is 26.7 Å². The van der Waals surface area contributed by atoms with Crippen LogP contribution >= 0.6 is 0 Å². The molecule has 0 fully saturated rings. The molecule has 0 N–H and O–H groups in total. The largest absolute Gasteiger partial charge is 0.481 e. The van der Waals surface area contributed by atoms with E-state index in [0.717, 1.165) is 10.9 Å². The van der Waals surface area contributed by atoms with Crippen LogP contribution in [0, 0.1) is 11.7 Å². The van der Waals surface area contributed by atoms with Crippen molar-refractivity contribution in [1.29, 1.82) is 0 Å². The Morgan fingerprint density at radius 3 is 2.61 bits per heavy atom. The Labute approximate surface area is 164 Å². The Bertz CT molecular complexity index is 1000. The lowest BCUT2D eigenvalue weighted by atomic mass is 9.88. The van der Waals surface area contributed by atoms with Crippen molar-refractivity contribution in [3.05, 3.63) is 59.9 Å². The third kappa shape index (κ3) is 3.84. The smallest absolute Gasteiger partial charge is 0.313 e. The lowest BCUT2D eigenvalue weighted by molar-refractivity contribution is -0.146. The molecule has 0 saturated carbocycles. The standard InChI is InChI=1S/C23H24FNO3/c1-5-28-23(26)21(14(2)3)17-11-12-20(25-22(17)27-4)16-10-9-15-7-6-8-19(24)18(15)13-16/h6-14,21H,5H2,1-4H3. The van der Waals surface area contributed by atoms with Crippen molar-refractivity contribution in [3.8, 4) is 17.1 Å². The van der Waals surface area contributed by atoms with E-state index < -0.39 is 5.92 Å². The molecule has 146 valence electrons. The predicted octanol–water partition coefficient (Wildman–Crippen LogP) is 5.35. The summed E-state index contributed by atoms with van der Waals surface area (Å²) < 4.78 is 24.9. The number of pyridine rings is 1. The summed E-state index contributed by atoms with van der Waals surface area (Å²) in [7, 11) is 1.53. The normalized spacial score (nSPS) is 12.2. The van der Waals surface area contributed by atoms with Crippen LogP contribution in [-0.4, -0.2) is 24.7 Å². The number of aromatic nitrogens is 1. The molecule has 2 aromatic carbocycles. The van der Waals surface area contributed by atoms with Crippen LogP contribution in [0.2, 0.25) is 0 Å². The number of rotatable bonds is 6. The quantitative estimate of drug-likeness (QED) is 0.540. The molecule has 0 amide bonds. The lowest BCUT2D eigenvalue weighted by Gasteiger charge is -2.21. The number of ether oxygens (including phenoxy) is 2. The van der Waals surface area contributed by atoms with E-state index in [1.807, 2.05) is 44.2 Å². The molecule has 4 nitrogen and oxygen atoms in total. The van der Waals surface area contributed by atoms with Gasteiger partial charge < -0.3 is 9.47 Å². The minimum Gasteiger partial charge on any atom is -0.481 e. The zero-order valence-electron chi connectivity index (χ0n) is 16.5. The Morgan fingerprint density at radius 2 is 1.93 bits per heavy atom. The van der Waals surface area contributed by atoms with Gasteiger partial charge in [-0.1, -0.05) is 44.2 Å². The summed E-state index contributed by atoms with van der Waals surface area (Å²) in [6, 6.07) is 14.2. The fraction of sp³-hybridized carbons (Fsp3) is 0.304. The Kier molecular flexibility index (Phi) is 5.93. The Hall–Kier alpha value is -2.95. The second-order valence-electron chi connectivity index (χ2n) is 6.94. The van der Waals surface area contributed by atoms with Crippen LogP contribution in [0.1, 0.15) is 32.3 Å². The van der Waals surface area contributed by atoms with E-state index in [2.05, 4.69) is 4.98 Å². The maximum absolute atomic E-state index is 14.2. The van der Waals surface area contributed by atoms with Gasteiger partial charge in [0.15, 0.2) is 0 Å². The van der Waals surface area contributed by atoms with Crippen LogP contribution < -0.4 is 4.74 Å². The Balaban J connectivity index is 2.06. The maximum Gasteiger partial charge on any atom is 0.313 e. The van der Waals surface area contributed by atoms with E-state index in [0.29, 0.717) is 29.1 Å². The van der Waals surface area contributed by atoms with Crippen LogP contribution in [-0.2, 0) is 9.53 Å². The minimum atomic E-state index is -0.467. The molecule has 0 bridgehead atoms. The van der Waals surface area contributed by atoms with Crippen LogP contribution in [0.25, 0.3) is 22.0 Å². The average molecular weight is 381 g/mol. The number of halogens is 1. The average Bonchev–Trinajstić information content (AvgIpc) is 2.68. The maximum atomic E-state index is 14.2. The molecule has 1 unspecified atom stereocenters. The second-order valence-corrected chi connectivity index (χ2v) is 6.94. The van der Waals surface area contributed by atoms with Gasteiger partial charge in [-0.3, -0.25) is 4.79 Å². The van der Waals surface area contributed by atoms with Gasteiger partial charge in [0, 0.05) is 16.5 Å². The number of hydrogen-bond donors (Lipinski definition) is 0. The van der Waals surface area contributed by atoms with Gasteiger partial charge in [0.1, 0.15) is 5.82 Å². The van der Waals surface area contributed by atoms with Gasteiger partial charge >= 0.3 is 5.97 Å². The van der Waals surface area contributed by atoms with E-state index in [1.165, 1.54) is 13.2 Å². The number of benzene rings is 2. The lowest BCUT2D eigenvalue weighted by Crippen LogP contribution is -2.22. The van der Waals surface area contributed by atoms with Crippen LogP contribution in [0.15, 0.2) is 48.5 Å². The van der Waals surface area contributed by atoms with Crippen molar-refractivity contribution in [2.24, 2.45) is 5.92 Å². The van der Waals surface area contributed by atoms with Crippen LogP contribution in [0.4, 0.5) is 4.39 Å². The van der Waals surface area contributed by atoms with Gasteiger partial charge in [-0.05, 0) is 36.4 Å². The molecule has 5 heteroatoms. The monoisotopic (exact) mass is 381 g/mol. The summed E-state index contributed by atoms with van der Waals surface area (Å²) in [5, 5.41) is 1.37. The molecule has 3 aromatic rings. The third-order valence-corrected chi connectivity index (χ3v) is 4.75. The Morgan fingerprint density at radius 1 is 1.14 bits per heavy atom. The molecule has 0 radical (unpaired) electrons. The van der Waals surface area contributed by atoms with E-state index in [4.69, 9.17) is 9.47 Å². The summed E-state index contributed by atoms with van der Waals surface area (Å²) in [5.74, 6) is -0.637. The molecule has 1 atom stereocenters. The highest BCUT2D eigenvalue weighted by Gasteiger charge is 2.29. The summed E-state index contributed by atoms with van der Waals surface area (Å²) in [6.07, 6.45) is 0. The highest BCUT2D eigenvalue weighted by atomic mass is 19.1. The molecule has 1 heterocycles. The van der Waals surface area contributed by atoms with Gasteiger partial charge in [-0.2, -0.15) is 0 Å². The summed E-state index contributed by atoms with van der Waals surface area (Å²) in [5.41, 5.74) is 2.11. The van der Waals surface area contributed by atoms with E-state index in [-0.39, 0.29) is 17.7 Å². The fourth-order valence-corrected chi connectivity index (χ4v) is 3.40. The summed E-state index contributed by atoms with van der Waals surface area (Å²) >= 11 is 0. The summed E-state index contributed by atoms with van der Waals surface area (Å²) in [4.78, 5) is 17.0. The number of hydrogen-bond acceptors (Lipinski definition) is 4. The number of carbonyl (C=O) groups excluding carboxylic acids is 1. The predicted molar refractivity (Wildman–Crippen MR) is 108 cm³/mol. The van der Waals surface area contributed by atoms with Crippen LogP contribution in [0.3, 0.4) is 0 Å². The van der Waals surface area contributed by atoms with Gasteiger partial charge in [0.05, 0.1) is 25.3 Å². The van der Waals surface area contributed by atoms with Gasteiger partial charge in [0.2, 0.25) is 5.88 Å². The zero-order valence-corrected chi connectivity index (χ0v) is 16.5. The third-order valence-electron chi connectivity index (χ3n) is 4.75. The first kappa shape index (κ1) is 19.8. The van der Waals surface area contributed by atoms with Gasteiger partial charge in [0.25, 0.3) is 0 Å². The molecule has 0 spiro atoms. The van der Waals surface area contributed by atoms with E-state index in [9.17, 15) is 9.18 Å². The number of nitrogens with zero attached hydrogens (tertiary/aromatic N) is 1. The number of esters is 1. The first-order valence-electron chi connectivity index (χ1n) is 9.36. The number of carbonyl (C=O) groups is 1. The molecular formula is C23H24FNO3. The topological polar surface area (TPSA) is 48.4 Å². The first-order chi connectivity index (χ1) is 13.5. The SMILES string of the molecule is CCOC(=O)C(c1ccc(-c2ccc3cccc(F)c3c2)nc1OC)C(C)C. The van der Waals surface area contributed by atoms with Crippen LogP contribution in [0.5, 0.6) is 5.88 Å². The van der Waals surface area contributed by atoms with Crippen molar-refractivity contribution in [3.63, 3.8) is 0 Å². The molecule has 0 saturated heterocycles. The molecule has 0 aliphatic rings. The summed E-state index contributed by atoms with van der Waals surface area (Å²) in [6.45, 7) is 6.02. The molecule has 1 aromatic heterocycles. The fourth-order valence-electron chi connectivity index (χ4n) is 3.40. The highest BCUT2D eigenvalue weighted by molar-refractivity contribution is 5.87. The molecular weight excluding hydrogens is 357 g/mol. The van der Waals surface area contributed by atoms with Crippen molar-refractivity contribution in [2.75, 3.05) is 13.7 Å². The highest BCUT2D eigenvalue weighted by Crippen LogP contribution is 2.34. The van der Waals surface area contributed by atoms with Gasteiger partial charge in [-0.15, -0.1) is 0 Å². The molecule has 0 aliphatic carbocycles. The molecule has 3 rings (SSSR count). The van der Waals surface area contributed by atoms with Gasteiger partial charge in [-0.25, -0.2) is 9.37 Å². The minimum absolute atomic E-state index is 0.0235.